The van der Waals surface area contributed by atoms with E-state index in [9.17, 15) is 0 Å². The lowest BCUT2D eigenvalue weighted by atomic mass is 9.95. The highest BCUT2D eigenvalue weighted by Crippen LogP contribution is 2.35. The monoisotopic (exact) mass is 280 g/mol. The molecule has 0 spiro atoms. The predicted molar refractivity (Wildman–Crippen MR) is 92.1 cm³/mol. The molecule has 0 fully saturated rings. The van der Waals surface area contributed by atoms with Crippen LogP contribution in [0.4, 0.5) is 0 Å². The number of benzene rings is 3. The topological polar surface area (TPSA) is 25.8 Å². The first-order chi connectivity index (χ1) is 10.9. The maximum absolute atomic E-state index is 4.65. The van der Waals surface area contributed by atoms with Crippen molar-refractivity contribution < 1.29 is 0 Å². The molecule has 0 bridgehead atoms. The van der Waals surface area contributed by atoms with Gasteiger partial charge in [-0.1, -0.05) is 42.5 Å². The normalized spacial score (nSPS) is 11.6. The van der Waals surface area contributed by atoms with Gasteiger partial charge in [0.05, 0.1) is 5.52 Å². The molecule has 5 aromatic rings. The molecule has 2 heterocycles. The van der Waals surface area contributed by atoms with Crippen LogP contribution in [0.5, 0.6) is 0 Å². The van der Waals surface area contributed by atoms with E-state index in [-0.39, 0.29) is 0 Å². The molecular weight excluding hydrogens is 268 g/mol. The van der Waals surface area contributed by atoms with E-state index in [1.54, 1.807) is 0 Å². The molecule has 0 radical (unpaired) electrons. The number of hydrogen-bond acceptors (Lipinski definition) is 2. The first kappa shape index (κ1) is 11.6. The molecule has 3 aromatic carbocycles. The Morgan fingerprint density at radius 3 is 2.18 bits per heavy atom. The molecule has 0 saturated carbocycles. The molecule has 102 valence electrons. The third-order valence-corrected chi connectivity index (χ3v) is 4.35. The zero-order valence-corrected chi connectivity index (χ0v) is 11.8. The molecule has 0 aliphatic rings. The highest BCUT2D eigenvalue weighted by molar-refractivity contribution is 6.26. The predicted octanol–water partition coefficient (Wildman–Crippen LogP) is 5.09. The second-order valence-electron chi connectivity index (χ2n) is 5.56. The van der Waals surface area contributed by atoms with Crippen LogP contribution in [0.15, 0.2) is 73.2 Å². The van der Waals surface area contributed by atoms with E-state index >= 15 is 0 Å². The number of hydrogen-bond donors (Lipinski definition) is 0. The molecule has 0 N–H and O–H groups in total. The first-order valence-electron chi connectivity index (χ1n) is 7.35. The molecule has 0 saturated heterocycles. The van der Waals surface area contributed by atoms with Crippen molar-refractivity contribution in [2.75, 3.05) is 0 Å². The van der Waals surface area contributed by atoms with Gasteiger partial charge in [-0.2, -0.15) is 0 Å². The summed E-state index contributed by atoms with van der Waals surface area (Å²) in [5.74, 6) is 0. The van der Waals surface area contributed by atoms with Gasteiger partial charge in [-0.15, -0.1) is 0 Å². The Kier molecular flexibility index (Phi) is 2.25. The van der Waals surface area contributed by atoms with Gasteiger partial charge in [0, 0.05) is 34.7 Å². The Balaban J connectivity index is 2.19. The summed E-state index contributed by atoms with van der Waals surface area (Å²) >= 11 is 0. The van der Waals surface area contributed by atoms with Crippen LogP contribution in [0.1, 0.15) is 0 Å². The van der Waals surface area contributed by atoms with E-state index in [2.05, 4.69) is 58.5 Å². The number of pyridine rings is 2. The number of aromatic nitrogens is 2. The van der Waals surface area contributed by atoms with Gasteiger partial charge in [-0.25, -0.2) is 0 Å². The van der Waals surface area contributed by atoms with Crippen molar-refractivity contribution >= 4 is 43.2 Å². The van der Waals surface area contributed by atoms with Crippen LogP contribution >= 0.6 is 0 Å². The third-order valence-electron chi connectivity index (χ3n) is 4.35. The standard InChI is InChI=1S/C20H12N2/c1-2-15-7-5-14-4-3-13-6-8-16-12-21-11-9-17(16)18(13)19(14)20(15)22-10-1/h1-12H. The van der Waals surface area contributed by atoms with Crippen LogP contribution < -0.4 is 0 Å². The van der Waals surface area contributed by atoms with Gasteiger partial charge in [-0.3, -0.25) is 9.97 Å². The maximum Gasteiger partial charge on any atom is 0.0786 e. The zero-order valence-electron chi connectivity index (χ0n) is 11.8. The zero-order chi connectivity index (χ0) is 14.5. The number of fused-ring (bicyclic) bond motifs is 7. The fourth-order valence-corrected chi connectivity index (χ4v) is 3.35. The van der Waals surface area contributed by atoms with Crippen LogP contribution in [0.25, 0.3) is 43.2 Å². The van der Waals surface area contributed by atoms with Crippen molar-refractivity contribution in [3.05, 3.63) is 73.2 Å². The number of nitrogens with zero attached hydrogens (tertiary/aromatic N) is 2. The van der Waals surface area contributed by atoms with E-state index in [0.29, 0.717) is 0 Å². The average molecular weight is 280 g/mol. The molecule has 0 amide bonds. The van der Waals surface area contributed by atoms with Gasteiger partial charge in [0.25, 0.3) is 0 Å². The number of rotatable bonds is 0. The van der Waals surface area contributed by atoms with Crippen LogP contribution in [-0.4, -0.2) is 9.97 Å². The summed E-state index contributed by atoms with van der Waals surface area (Å²) in [6.07, 6.45) is 5.65. The fraction of sp³-hybridized carbons (Fsp3) is 0. The molecule has 0 aliphatic heterocycles. The van der Waals surface area contributed by atoms with E-state index in [1.807, 2.05) is 24.7 Å². The average Bonchev–Trinajstić information content (AvgIpc) is 2.60. The lowest BCUT2D eigenvalue weighted by Gasteiger charge is -2.10. The Morgan fingerprint density at radius 1 is 0.591 bits per heavy atom. The van der Waals surface area contributed by atoms with Crippen molar-refractivity contribution in [1.82, 2.24) is 9.97 Å². The van der Waals surface area contributed by atoms with E-state index in [4.69, 9.17) is 0 Å². The highest BCUT2D eigenvalue weighted by Gasteiger charge is 2.09. The van der Waals surface area contributed by atoms with Crippen molar-refractivity contribution in [2.24, 2.45) is 0 Å². The molecule has 2 aromatic heterocycles. The van der Waals surface area contributed by atoms with Crippen molar-refractivity contribution in [3.8, 4) is 0 Å². The Morgan fingerprint density at radius 2 is 1.32 bits per heavy atom. The lowest BCUT2D eigenvalue weighted by Crippen LogP contribution is -1.85. The molecule has 2 heteroatoms. The Labute approximate surface area is 127 Å². The Hall–Kier alpha value is -3.00. The largest absolute Gasteiger partial charge is 0.264 e. The van der Waals surface area contributed by atoms with E-state index in [1.165, 1.54) is 32.3 Å². The minimum Gasteiger partial charge on any atom is -0.264 e. The van der Waals surface area contributed by atoms with Crippen LogP contribution in [0.3, 0.4) is 0 Å². The second kappa shape index (κ2) is 4.25. The summed E-state index contributed by atoms with van der Waals surface area (Å²) in [6.45, 7) is 0. The van der Waals surface area contributed by atoms with E-state index < -0.39 is 0 Å². The van der Waals surface area contributed by atoms with Crippen LogP contribution in [-0.2, 0) is 0 Å². The summed E-state index contributed by atoms with van der Waals surface area (Å²) in [7, 11) is 0. The molecular formula is C20H12N2. The van der Waals surface area contributed by atoms with Crippen molar-refractivity contribution in [1.29, 1.82) is 0 Å². The molecule has 0 atom stereocenters. The van der Waals surface area contributed by atoms with Gasteiger partial charge in [0.1, 0.15) is 0 Å². The fourth-order valence-electron chi connectivity index (χ4n) is 3.35. The van der Waals surface area contributed by atoms with Gasteiger partial charge < -0.3 is 0 Å². The first-order valence-corrected chi connectivity index (χ1v) is 7.35. The van der Waals surface area contributed by atoms with Crippen LogP contribution in [0.2, 0.25) is 0 Å². The van der Waals surface area contributed by atoms with Crippen LogP contribution in [0, 0.1) is 0 Å². The summed E-state index contributed by atoms with van der Waals surface area (Å²) in [4.78, 5) is 8.90. The minimum atomic E-state index is 1.06. The second-order valence-corrected chi connectivity index (χ2v) is 5.56. The van der Waals surface area contributed by atoms with Crippen molar-refractivity contribution in [3.63, 3.8) is 0 Å². The molecule has 5 rings (SSSR count). The van der Waals surface area contributed by atoms with Crippen molar-refractivity contribution in [2.45, 2.75) is 0 Å². The quantitative estimate of drug-likeness (QED) is 0.369. The smallest absolute Gasteiger partial charge is 0.0786 e. The highest BCUT2D eigenvalue weighted by atomic mass is 14.6. The van der Waals surface area contributed by atoms with Gasteiger partial charge >= 0.3 is 0 Å². The maximum atomic E-state index is 4.65. The van der Waals surface area contributed by atoms with Gasteiger partial charge in [0.15, 0.2) is 0 Å². The Bertz CT molecular complexity index is 1070. The molecule has 0 unspecified atom stereocenters. The van der Waals surface area contributed by atoms with Gasteiger partial charge in [0.2, 0.25) is 0 Å². The summed E-state index contributed by atoms with van der Waals surface area (Å²) in [5, 5.41) is 8.53. The van der Waals surface area contributed by atoms with E-state index in [0.717, 1.165) is 10.9 Å². The summed E-state index contributed by atoms with van der Waals surface area (Å²) in [5.41, 5.74) is 1.06. The molecule has 0 aliphatic carbocycles. The SMILES string of the molecule is c1cnc2c(c1)ccc1ccc3ccc4cnccc4c3c12. The molecule has 2 nitrogen and oxygen atoms in total. The minimum absolute atomic E-state index is 1.06. The third kappa shape index (κ3) is 1.49. The summed E-state index contributed by atoms with van der Waals surface area (Å²) in [6, 6.07) is 19.2. The lowest BCUT2D eigenvalue weighted by molar-refractivity contribution is 1.37. The molecule has 22 heavy (non-hydrogen) atoms. The summed E-state index contributed by atoms with van der Waals surface area (Å²) < 4.78 is 0. The van der Waals surface area contributed by atoms with Gasteiger partial charge in [-0.05, 0) is 33.7 Å².